The van der Waals surface area contributed by atoms with Crippen LogP contribution in [0.5, 0.6) is 0 Å². The van der Waals surface area contributed by atoms with Crippen LogP contribution in [-0.4, -0.2) is 35.9 Å². The minimum Gasteiger partial charge on any atom is -0.380 e. The Labute approximate surface area is 132 Å². The van der Waals surface area contributed by atoms with E-state index in [0.717, 1.165) is 31.4 Å². The van der Waals surface area contributed by atoms with Gasteiger partial charge in [0.1, 0.15) is 5.60 Å². The van der Waals surface area contributed by atoms with Gasteiger partial charge in [0.2, 0.25) is 0 Å². The molecule has 0 spiro atoms. The van der Waals surface area contributed by atoms with Crippen LogP contribution in [0.15, 0.2) is 30.3 Å². The summed E-state index contributed by atoms with van der Waals surface area (Å²) in [5.74, 6) is -0.584. The maximum absolute atomic E-state index is 12.3. The van der Waals surface area contributed by atoms with Crippen molar-refractivity contribution in [2.24, 2.45) is 0 Å². The van der Waals surface area contributed by atoms with E-state index in [-0.39, 0.29) is 17.9 Å². The van der Waals surface area contributed by atoms with E-state index in [1.807, 2.05) is 37.3 Å². The Hall–Kier alpha value is -1.39. The van der Waals surface area contributed by atoms with Crippen LogP contribution in [0, 0.1) is 0 Å². The van der Waals surface area contributed by atoms with Crippen molar-refractivity contribution in [2.75, 3.05) is 13.2 Å². The molecule has 1 heterocycles. The first-order valence-electron chi connectivity index (χ1n) is 8.19. The summed E-state index contributed by atoms with van der Waals surface area (Å²) >= 11 is 0. The fraction of sp³-hybridized carbons (Fsp3) is 0.611. The Bertz CT molecular complexity index is 466. The molecule has 0 radical (unpaired) electrons. The summed E-state index contributed by atoms with van der Waals surface area (Å²) in [5, 5.41) is 13.5. The van der Waals surface area contributed by atoms with Crippen molar-refractivity contribution in [2.45, 2.75) is 57.2 Å². The van der Waals surface area contributed by atoms with Gasteiger partial charge in [-0.3, -0.25) is 4.79 Å². The molecule has 1 fully saturated rings. The van der Waals surface area contributed by atoms with Gasteiger partial charge in [0, 0.05) is 19.1 Å². The number of ether oxygens (including phenoxy) is 1. The van der Waals surface area contributed by atoms with Crippen molar-refractivity contribution in [3.8, 4) is 0 Å². The van der Waals surface area contributed by atoms with Crippen molar-refractivity contribution in [3.63, 3.8) is 0 Å². The van der Waals surface area contributed by atoms with Gasteiger partial charge in [-0.05, 0) is 38.2 Å². The lowest BCUT2D eigenvalue weighted by atomic mass is 9.84. The molecule has 0 aromatic heterocycles. The first-order chi connectivity index (χ1) is 10.5. The third-order valence-electron chi connectivity index (χ3n) is 4.63. The maximum Gasteiger partial charge on any atom is 0.252 e. The van der Waals surface area contributed by atoms with Gasteiger partial charge in [0.15, 0.2) is 0 Å². The largest absolute Gasteiger partial charge is 0.380 e. The summed E-state index contributed by atoms with van der Waals surface area (Å²) in [6.07, 6.45) is 4.44. The lowest BCUT2D eigenvalue weighted by molar-refractivity contribution is -0.140. The highest BCUT2D eigenvalue weighted by atomic mass is 16.5. The Morgan fingerprint density at radius 3 is 2.77 bits per heavy atom. The second kappa shape index (κ2) is 7.75. The van der Waals surface area contributed by atoms with Crippen LogP contribution in [0.1, 0.15) is 51.0 Å². The number of rotatable bonds is 6. The minimum atomic E-state index is -1.42. The van der Waals surface area contributed by atoms with Gasteiger partial charge in [-0.1, -0.05) is 37.3 Å². The number of hydrogen-bond donors (Lipinski definition) is 2. The van der Waals surface area contributed by atoms with Crippen molar-refractivity contribution in [3.05, 3.63) is 35.9 Å². The Morgan fingerprint density at radius 1 is 1.41 bits per heavy atom. The molecule has 2 N–H and O–H groups in total. The normalized spacial score (nSPS) is 22.6. The van der Waals surface area contributed by atoms with Gasteiger partial charge in [-0.2, -0.15) is 0 Å². The first-order valence-corrected chi connectivity index (χ1v) is 8.19. The monoisotopic (exact) mass is 305 g/mol. The average molecular weight is 305 g/mol. The lowest BCUT2D eigenvalue weighted by Gasteiger charge is -2.30. The molecule has 22 heavy (non-hydrogen) atoms. The highest BCUT2D eigenvalue weighted by Gasteiger charge is 2.37. The van der Waals surface area contributed by atoms with E-state index in [0.29, 0.717) is 6.54 Å². The number of amides is 1. The van der Waals surface area contributed by atoms with Gasteiger partial charge in [-0.15, -0.1) is 0 Å². The Balaban J connectivity index is 1.84. The second-order valence-electron chi connectivity index (χ2n) is 6.31. The van der Waals surface area contributed by atoms with Crippen molar-refractivity contribution < 1.29 is 14.6 Å². The molecule has 0 aliphatic carbocycles. The van der Waals surface area contributed by atoms with Crippen molar-refractivity contribution >= 4 is 5.91 Å². The van der Waals surface area contributed by atoms with E-state index >= 15 is 0 Å². The number of hydrogen-bond acceptors (Lipinski definition) is 3. The molecule has 1 aliphatic heterocycles. The molecule has 4 heteroatoms. The predicted molar refractivity (Wildman–Crippen MR) is 86.7 cm³/mol. The highest BCUT2D eigenvalue weighted by molar-refractivity contribution is 5.85. The first kappa shape index (κ1) is 17.0. The highest BCUT2D eigenvalue weighted by Crippen LogP contribution is 2.28. The van der Waals surface area contributed by atoms with Gasteiger partial charge in [-0.25, -0.2) is 0 Å². The van der Waals surface area contributed by atoms with Gasteiger partial charge in [0.25, 0.3) is 5.91 Å². The number of aliphatic hydroxyl groups is 1. The third kappa shape index (κ3) is 4.31. The molecule has 3 atom stereocenters. The summed E-state index contributed by atoms with van der Waals surface area (Å²) in [6, 6.07) is 9.63. The zero-order valence-corrected chi connectivity index (χ0v) is 13.5. The van der Waals surface area contributed by atoms with Gasteiger partial charge < -0.3 is 15.2 Å². The second-order valence-corrected chi connectivity index (χ2v) is 6.31. The number of benzene rings is 1. The maximum atomic E-state index is 12.3. The topological polar surface area (TPSA) is 58.6 Å². The van der Waals surface area contributed by atoms with Crippen molar-refractivity contribution in [1.82, 2.24) is 5.32 Å². The summed E-state index contributed by atoms with van der Waals surface area (Å²) in [6.45, 7) is 4.82. The molecular weight excluding hydrogens is 278 g/mol. The van der Waals surface area contributed by atoms with Crippen LogP contribution < -0.4 is 5.32 Å². The lowest BCUT2D eigenvalue weighted by Crippen LogP contribution is -2.48. The quantitative estimate of drug-likeness (QED) is 0.849. The van der Waals surface area contributed by atoms with Crippen molar-refractivity contribution in [1.29, 1.82) is 0 Å². The summed E-state index contributed by atoms with van der Waals surface area (Å²) < 4.78 is 5.65. The minimum absolute atomic E-state index is 0.241. The average Bonchev–Trinajstić information content (AvgIpc) is 2.55. The molecule has 4 nitrogen and oxygen atoms in total. The zero-order valence-electron chi connectivity index (χ0n) is 13.5. The fourth-order valence-corrected chi connectivity index (χ4v) is 2.82. The Morgan fingerprint density at radius 2 is 2.14 bits per heavy atom. The van der Waals surface area contributed by atoms with Crippen LogP contribution in [0.25, 0.3) is 0 Å². The third-order valence-corrected chi connectivity index (χ3v) is 4.63. The molecule has 2 rings (SSSR count). The van der Waals surface area contributed by atoms with Crippen LogP contribution in [0.3, 0.4) is 0 Å². The standard InChI is InChI=1S/C18H27NO3/c1-14(15-8-4-3-5-9-15)18(2,21)17(20)19-12-11-16-10-6-7-13-22-16/h3-5,8-9,14,16,21H,6-7,10-13H2,1-2H3,(H,19,20)/t14-,16-,18+/m1/s1. The van der Waals surface area contributed by atoms with E-state index in [4.69, 9.17) is 4.74 Å². The molecule has 1 aromatic rings. The van der Waals surface area contributed by atoms with E-state index in [1.54, 1.807) is 6.92 Å². The fourth-order valence-electron chi connectivity index (χ4n) is 2.82. The molecule has 1 aromatic carbocycles. The summed E-state index contributed by atoms with van der Waals surface area (Å²) in [7, 11) is 0. The molecule has 1 saturated heterocycles. The molecule has 122 valence electrons. The number of carbonyl (C=O) groups excluding carboxylic acids is 1. The van der Waals surface area contributed by atoms with Crippen LogP contribution in [0.2, 0.25) is 0 Å². The molecule has 0 bridgehead atoms. The molecular formula is C18H27NO3. The number of carbonyl (C=O) groups is 1. The number of nitrogens with one attached hydrogen (secondary N) is 1. The zero-order chi connectivity index (χ0) is 16.0. The van der Waals surface area contributed by atoms with E-state index in [1.165, 1.54) is 6.42 Å². The van der Waals surface area contributed by atoms with Crippen LogP contribution in [-0.2, 0) is 9.53 Å². The summed E-state index contributed by atoms with van der Waals surface area (Å²) in [5.41, 5.74) is -0.465. The van der Waals surface area contributed by atoms with E-state index in [9.17, 15) is 9.90 Å². The molecule has 0 unspecified atom stereocenters. The smallest absolute Gasteiger partial charge is 0.252 e. The molecule has 0 saturated carbocycles. The molecule has 1 aliphatic rings. The van der Waals surface area contributed by atoms with Crippen LogP contribution >= 0.6 is 0 Å². The Kier molecular flexibility index (Phi) is 5.98. The summed E-state index contributed by atoms with van der Waals surface area (Å²) in [4.78, 5) is 12.3. The predicted octanol–water partition coefficient (Wildman–Crippen LogP) is 2.62. The SMILES string of the molecule is C[C@H](c1ccccc1)[C@](C)(O)C(=O)NCC[C@H]1CCCCO1. The van der Waals surface area contributed by atoms with Gasteiger partial charge in [0.05, 0.1) is 6.10 Å². The van der Waals surface area contributed by atoms with Gasteiger partial charge >= 0.3 is 0 Å². The van der Waals surface area contributed by atoms with E-state index < -0.39 is 5.60 Å². The van der Waals surface area contributed by atoms with Crippen LogP contribution in [0.4, 0.5) is 0 Å². The van der Waals surface area contributed by atoms with E-state index in [2.05, 4.69) is 5.32 Å². The molecule has 1 amide bonds.